The number of nitrogen functional groups attached to an aromatic ring is 1. The Kier molecular flexibility index (Phi) is 3.04. The first kappa shape index (κ1) is 12.3. The van der Waals surface area contributed by atoms with Crippen molar-refractivity contribution in [2.75, 3.05) is 30.4 Å². The summed E-state index contributed by atoms with van der Waals surface area (Å²) in [5.74, 6) is 0. The lowest BCUT2D eigenvalue weighted by Crippen LogP contribution is -2.49. The molecule has 0 radical (unpaired) electrons. The first-order chi connectivity index (χ1) is 9.17. The zero-order chi connectivity index (χ0) is 13.4. The molecule has 102 valence electrons. The molecule has 0 amide bonds. The smallest absolute Gasteiger partial charge is 0.298 e. The number of aliphatic hydroxyl groups excluding tert-OH is 1. The third-order valence-corrected chi connectivity index (χ3v) is 3.36. The molecule has 0 spiro atoms. The van der Waals surface area contributed by atoms with Gasteiger partial charge < -0.3 is 24.9 Å². The van der Waals surface area contributed by atoms with E-state index >= 15 is 0 Å². The average molecular weight is 263 g/mol. The Morgan fingerprint density at radius 2 is 2.37 bits per heavy atom. The molecule has 1 saturated heterocycles. The largest absolute Gasteiger partial charge is 0.423 e. The van der Waals surface area contributed by atoms with Gasteiger partial charge in [-0.2, -0.15) is 4.98 Å². The van der Waals surface area contributed by atoms with E-state index in [0.29, 0.717) is 30.4 Å². The average Bonchev–Trinajstić information content (AvgIpc) is 2.82. The molecule has 3 rings (SSSR count). The topological polar surface area (TPSA) is 84.8 Å². The van der Waals surface area contributed by atoms with Gasteiger partial charge in [-0.1, -0.05) is 0 Å². The van der Waals surface area contributed by atoms with Crippen molar-refractivity contribution in [1.29, 1.82) is 0 Å². The van der Waals surface area contributed by atoms with Gasteiger partial charge in [0.15, 0.2) is 5.58 Å². The molecule has 1 fully saturated rings. The van der Waals surface area contributed by atoms with Gasteiger partial charge in [0.1, 0.15) is 5.52 Å². The molecule has 0 bridgehead atoms. The van der Waals surface area contributed by atoms with Gasteiger partial charge in [0.2, 0.25) is 0 Å². The summed E-state index contributed by atoms with van der Waals surface area (Å²) in [5, 5.41) is 9.20. The summed E-state index contributed by atoms with van der Waals surface area (Å²) < 4.78 is 11.3. The molecular formula is C13H17N3O3. The predicted molar refractivity (Wildman–Crippen MR) is 72.1 cm³/mol. The van der Waals surface area contributed by atoms with E-state index < -0.39 is 0 Å². The van der Waals surface area contributed by atoms with Gasteiger partial charge in [0, 0.05) is 5.69 Å². The van der Waals surface area contributed by atoms with Crippen LogP contribution in [0, 0.1) is 0 Å². The number of aromatic nitrogens is 1. The predicted octanol–water partition coefficient (Wildman–Crippen LogP) is 0.996. The Morgan fingerprint density at radius 3 is 3.16 bits per heavy atom. The lowest BCUT2D eigenvalue weighted by Gasteiger charge is -2.36. The molecule has 2 atom stereocenters. The van der Waals surface area contributed by atoms with Crippen LogP contribution in [0.3, 0.4) is 0 Å². The van der Waals surface area contributed by atoms with E-state index in [1.807, 2.05) is 17.9 Å². The zero-order valence-corrected chi connectivity index (χ0v) is 10.7. The summed E-state index contributed by atoms with van der Waals surface area (Å²) in [7, 11) is 0. The van der Waals surface area contributed by atoms with Gasteiger partial charge in [-0.25, -0.2) is 0 Å². The van der Waals surface area contributed by atoms with Gasteiger partial charge in [-0.15, -0.1) is 0 Å². The zero-order valence-electron chi connectivity index (χ0n) is 10.7. The van der Waals surface area contributed by atoms with Crippen molar-refractivity contribution < 1.29 is 14.3 Å². The molecule has 1 aliphatic rings. The Morgan fingerprint density at radius 1 is 1.53 bits per heavy atom. The second-order valence-electron chi connectivity index (χ2n) is 4.86. The number of oxazole rings is 1. The van der Waals surface area contributed by atoms with Crippen LogP contribution in [0.5, 0.6) is 0 Å². The lowest BCUT2D eigenvalue weighted by molar-refractivity contribution is -0.0117. The van der Waals surface area contributed by atoms with E-state index in [1.165, 1.54) is 0 Å². The number of nitrogens with two attached hydrogens (primary N) is 1. The summed E-state index contributed by atoms with van der Waals surface area (Å²) in [6.45, 7) is 3.15. The first-order valence-corrected chi connectivity index (χ1v) is 6.32. The van der Waals surface area contributed by atoms with E-state index in [0.717, 1.165) is 5.52 Å². The monoisotopic (exact) mass is 263 g/mol. The second kappa shape index (κ2) is 4.71. The van der Waals surface area contributed by atoms with Crippen LogP contribution in [-0.2, 0) is 4.74 Å². The highest BCUT2D eigenvalue weighted by Gasteiger charge is 2.28. The van der Waals surface area contributed by atoms with Crippen LogP contribution in [0.1, 0.15) is 6.92 Å². The molecule has 1 aliphatic heterocycles. The second-order valence-corrected chi connectivity index (χ2v) is 4.86. The van der Waals surface area contributed by atoms with Crippen LogP contribution >= 0.6 is 0 Å². The van der Waals surface area contributed by atoms with Gasteiger partial charge in [0.25, 0.3) is 6.01 Å². The number of ether oxygens (including phenoxy) is 1. The van der Waals surface area contributed by atoms with E-state index in [-0.39, 0.29) is 18.8 Å². The number of benzene rings is 1. The van der Waals surface area contributed by atoms with Crippen LogP contribution in [0.4, 0.5) is 11.7 Å². The molecule has 2 heterocycles. The molecular weight excluding hydrogens is 246 g/mol. The number of aliphatic hydroxyl groups is 1. The van der Waals surface area contributed by atoms with Crippen molar-refractivity contribution in [3.8, 4) is 0 Å². The van der Waals surface area contributed by atoms with Crippen molar-refractivity contribution in [1.82, 2.24) is 4.98 Å². The fourth-order valence-corrected chi connectivity index (χ4v) is 2.25. The number of rotatable bonds is 2. The van der Waals surface area contributed by atoms with E-state index in [4.69, 9.17) is 14.9 Å². The Bertz CT molecular complexity index is 584. The van der Waals surface area contributed by atoms with Crippen molar-refractivity contribution in [2.45, 2.75) is 19.1 Å². The Balaban J connectivity index is 1.93. The summed E-state index contributed by atoms with van der Waals surface area (Å²) in [6.07, 6.45) is -0.198. The maximum Gasteiger partial charge on any atom is 0.298 e. The minimum absolute atomic E-state index is 0.00357. The molecule has 6 heteroatoms. The minimum atomic E-state index is -0.198. The summed E-state index contributed by atoms with van der Waals surface area (Å²) >= 11 is 0. The highest BCUT2D eigenvalue weighted by molar-refractivity contribution is 5.78. The van der Waals surface area contributed by atoms with E-state index in [1.54, 1.807) is 12.1 Å². The summed E-state index contributed by atoms with van der Waals surface area (Å²) in [4.78, 5) is 6.47. The number of hydrogen-bond acceptors (Lipinski definition) is 6. The molecule has 3 N–H and O–H groups in total. The fourth-order valence-electron chi connectivity index (χ4n) is 2.25. The molecule has 1 aromatic carbocycles. The highest BCUT2D eigenvalue weighted by atomic mass is 16.5. The standard InChI is InChI=1S/C13H17N3O3/c1-8-7-18-10(6-17)5-16(8)13-15-11-4-9(14)2-3-12(11)19-13/h2-4,8,10,17H,5-7,14H2,1H3. The Labute approximate surface area is 110 Å². The van der Waals surface area contributed by atoms with Crippen LogP contribution in [0.15, 0.2) is 22.6 Å². The number of anilines is 2. The molecule has 6 nitrogen and oxygen atoms in total. The van der Waals surface area contributed by atoms with Crippen LogP contribution < -0.4 is 10.6 Å². The van der Waals surface area contributed by atoms with Crippen LogP contribution in [0.2, 0.25) is 0 Å². The number of fused-ring (bicyclic) bond motifs is 1. The fraction of sp³-hybridized carbons (Fsp3) is 0.462. The molecule has 2 aromatic rings. The molecule has 1 aromatic heterocycles. The van der Waals surface area contributed by atoms with Gasteiger partial charge in [0.05, 0.1) is 31.9 Å². The molecule has 0 aliphatic carbocycles. The van der Waals surface area contributed by atoms with E-state index in [2.05, 4.69) is 4.98 Å². The molecule has 19 heavy (non-hydrogen) atoms. The van der Waals surface area contributed by atoms with Crippen molar-refractivity contribution in [3.05, 3.63) is 18.2 Å². The number of hydrogen-bond donors (Lipinski definition) is 2. The third kappa shape index (κ3) is 2.24. The Hall–Kier alpha value is -1.79. The number of nitrogens with zero attached hydrogens (tertiary/aromatic N) is 2. The highest BCUT2D eigenvalue weighted by Crippen LogP contribution is 2.26. The normalized spacial score (nSPS) is 24.0. The van der Waals surface area contributed by atoms with E-state index in [9.17, 15) is 5.11 Å². The summed E-state index contributed by atoms with van der Waals surface area (Å²) in [6, 6.07) is 6.10. The van der Waals surface area contributed by atoms with Crippen molar-refractivity contribution in [3.63, 3.8) is 0 Å². The summed E-state index contributed by atoms with van der Waals surface area (Å²) in [5.41, 5.74) is 7.85. The maximum atomic E-state index is 9.20. The van der Waals surface area contributed by atoms with Gasteiger partial charge in [-0.3, -0.25) is 0 Å². The maximum absolute atomic E-state index is 9.20. The van der Waals surface area contributed by atoms with Gasteiger partial charge in [-0.05, 0) is 25.1 Å². The third-order valence-electron chi connectivity index (χ3n) is 3.36. The molecule has 0 saturated carbocycles. The van der Waals surface area contributed by atoms with Crippen LogP contribution in [0.25, 0.3) is 11.1 Å². The SMILES string of the molecule is CC1COC(CO)CN1c1nc2cc(N)ccc2o1. The first-order valence-electron chi connectivity index (χ1n) is 6.32. The quantitative estimate of drug-likeness (QED) is 0.786. The minimum Gasteiger partial charge on any atom is -0.423 e. The van der Waals surface area contributed by atoms with Gasteiger partial charge >= 0.3 is 0 Å². The molecule has 2 unspecified atom stereocenters. The van der Waals surface area contributed by atoms with Crippen LogP contribution in [-0.4, -0.2) is 42.0 Å². The number of morpholine rings is 1. The van der Waals surface area contributed by atoms with Crippen molar-refractivity contribution >= 4 is 22.8 Å². The van der Waals surface area contributed by atoms with Crippen molar-refractivity contribution in [2.24, 2.45) is 0 Å². The lowest BCUT2D eigenvalue weighted by atomic mass is 10.2.